The Bertz CT molecular complexity index is 1250. The number of allylic oxidation sites excluding steroid dienone is 2. The van der Waals surface area contributed by atoms with Gasteiger partial charge in [-0.15, -0.1) is 0 Å². The SMILES string of the molecule is COc1cc(N(CC2=CC=CN(C(C)CC(=O)O)C=C2)C(C)=O)ccc1NC(=O)Nc1ccccc1C. The van der Waals surface area contributed by atoms with Crippen LogP contribution in [0.5, 0.6) is 5.75 Å². The average molecular weight is 505 g/mol. The second-order valence-corrected chi connectivity index (χ2v) is 8.68. The lowest BCUT2D eigenvalue weighted by molar-refractivity contribution is -0.137. The number of benzene rings is 2. The number of aryl methyl sites for hydroxylation is 1. The number of amides is 3. The van der Waals surface area contributed by atoms with Gasteiger partial charge in [-0.05, 0) is 55.3 Å². The molecule has 1 atom stereocenters. The molecule has 3 N–H and O–H groups in total. The molecule has 0 fully saturated rings. The van der Waals surface area contributed by atoms with Gasteiger partial charge in [-0.1, -0.05) is 24.3 Å². The third kappa shape index (κ3) is 7.47. The van der Waals surface area contributed by atoms with Crippen LogP contribution in [0.2, 0.25) is 0 Å². The Hall–Kier alpha value is -4.53. The minimum Gasteiger partial charge on any atom is -0.494 e. The molecular formula is C28H32N4O5. The summed E-state index contributed by atoms with van der Waals surface area (Å²) in [6, 6.07) is 12.0. The van der Waals surface area contributed by atoms with Crippen molar-refractivity contribution in [3.05, 3.63) is 84.2 Å². The molecule has 9 nitrogen and oxygen atoms in total. The first-order valence-corrected chi connectivity index (χ1v) is 11.8. The monoisotopic (exact) mass is 504 g/mol. The van der Waals surface area contributed by atoms with Crippen LogP contribution in [0.4, 0.5) is 21.9 Å². The van der Waals surface area contributed by atoms with Crippen molar-refractivity contribution in [3.63, 3.8) is 0 Å². The van der Waals surface area contributed by atoms with E-state index in [1.807, 2.05) is 67.4 Å². The molecule has 0 aliphatic carbocycles. The van der Waals surface area contributed by atoms with Crippen molar-refractivity contribution >= 4 is 35.0 Å². The van der Waals surface area contributed by atoms with Crippen LogP contribution in [-0.4, -0.2) is 47.6 Å². The van der Waals surface area contributed by atoms with Crippen LogP contribution in [0.15, 0.2) is 78.7 Å². The highest BCUT2D eigenvalue weighted by atomic mass is 16.5. The first-order chi connectivity index (χ1) is 17.7. The van der Waals surface area contributed by atoms with Gasteiger partial charge in [0.2, 0.25) is 5.91 Å². The minimum absolute atomic E-state index is 0.00669. The number of methoxy groups -OCH3 is 1. The van der Waals surface area contributed by atoms with Crippen molar-refractivity contribution in [2.75, 3.05) is 29.2 Å². The number of carboxylic acid groups (broad SMARTS) is 1. The van der Waals surface area contributed by atoms with E-state index >= 15 is 0 Å². The van der Waals surface area contributed by atoms with Gasteiger partial charge < -0.3 is 30.3 Å². The van der Waals surface area contributed by atoms with E-state index in [1.54, 1.807) is 29.3 Å². The maximum atomic E-state index is 12.6. The van der Waals surface area contributed by atoms with E-state index in [-0.39, 0.29) is 18.4 Å². The lowest BCUT2D eigenvalue weighted by Crippen LogP contribution is -2.30. The Balaban J connectivity index is 1.74. The first-order valence-electron chi connectivity index (χ1n) is 11.8. The molecule has 1 aliphatic rings. The molecule has 9 heteroatoms. The molecule has 0 saturated carbocycles. The first kappa shape index (κ1) is 27.1. The third-order valence-corrected chi connectivity index (χ3v) is 5.87. The van der Waals surface area contributed by atoms with Crippen molar-refractivity contribution in [1.82, 2.24) is 4.90 Å². The van der Waals surface area contributed by atoms with Gasteiger partial charge in [-0.3, -0.25) is 9.59 Å². The summed E-state index contributed by atoms with van der Waals surface area (Å²) in [6.45, 7) is 5.51. The van der Waals surface area contributed by atoms with Crippen LogP contribution >= 0.6 is 0 Å². The number of aliphatic carboxylic acids is 1. The predicted octanol–water partition coefficient (Wildman–Crippen LogP) is 5.13. The van der Waals surface area contributed by atoms with Crippen molar-refractivity contribution in [2.24, 2.45) is 0 Å². The summed E-state index contributed by atoms with van der Waals surface area (Å²) in [7, 11) is 1.50. The van der Waals surface area contributed by atoms with Crippen LogP contribution in [0.1, 0.15) is 25.8 Å². The normalized spacial score (nSPS) is 13.3. The number of ether oxygens (including phenoxy) is 1. The van der Waals surface area contributed by atoms with Crippen molar-refractivity contribution < 1.29 is 24.2 Å². The Kier molecular flexibility index (Phi) is 9.10. The average Bonchev–Trinajstić information content (AvgIpc) is 3.09. The van der Waals surface area contributed by atoms with E-state index in [9.17, 15) is 14.4 Å². The maximum Gasteiger partial charge on any atom is 0.323 e. The molecule has 2 aromatic carbocycles. The second-order valence-electron chi connectivity index (χ2n) is 8.68. The largest absolute Gasteiger partial charge is 0.494 e. The Morgan fingerprint density at radius 3 is 2.49 bits per heavy atom. The second kappa shape index (κ2) is 12.4. The number of hydrogen-bond acceptors (Lipinski definition) is 5. The number of carboxylic acids is 1. The maximum absolute atomic E-state index is 12.6. The number of nitrogens with zero attached hydrogens (tertiary/aromatic N) is 2. The van der Waals surface area contributed by atoms with E-state index < -0.39 is 12.0 Å². The molecule has 3 amide bonds. The highest BCUT2D eigenvalue weighted by molar-refractivity contribution is 6.01. The van der Waals surface area contributed by atoms with Gasteiger partial charge >= 0.3 is 12.0 Å². The molecule has 0 aromatic heterocycles. The summed E-state index contributed by atoms with van der Waals surface area (Å²) >= 11 is 0. The number of carbonyl (C=O) groups is 3. The summed E-state index contributed by atoms with van der Waals surface area (Å²) in [6.07, 6.45) is 9.18. The highest BCUT2D eigenvalue weighted by Crippen LogP contribution is 2.31. The lowest BCUT2D eigenvalue weighted by Gasteiger charge is -2.24. The smallest absolute Gasteiger partial charge is 0.323 e. The van der Waals surface area contributed by atoms with Gasteiger partial charge in [-0.2, -0.15) is 0 Å². The van der Waals surface area contributed by atoms with Gasteiger partial charge in [-0.25, -0.2) is 4.79 Å². The molecular weight excluding hydrogens is 472 g/mol. The highest BCUT2D eigenvalue weighted by Gasteiger charge is 2.18. The molecule has 0 radical (unpaired) electrons. The molecule has 1 unspecified atom stereocenters. The molecule has 3 rings (SSSR count). The molecule has 1 heterocycles. The Morgan fingerprint density at radius 1 is 1.08 bits per heavy atom. The predicted molar refractivity (Wildman–Crippen MR) is 145 cm³/mol. The van der Waals surface area contributed by atoms with Gasteiger partial charge in [0, 0.05) is 42.8 Å². The van der Waals surface area contributed by atoms with Crippen LogP contribution in [0, 0.1) is 6.92 Å². The van der Waals surface area contributed by atoms with Gasteiger partial charge in [0.25, 0.3) is 0 Å². The van der Waals surface area contributed by atoms with E-state index in [4.69, 9.17) is 9.84 Å². The van der Waals surface area contributed by atoms with Crippen molar-refractivity contribution in [2.45, 2.75) is 33.2 Å². The summed E-state index contributed by atoms with van der Waals surface area (Å²) in [5.41, 5.74) is 3.56. The topological polar surface area (TPSA) is 111 Å². The molecule has 0 bridgehead atoms. The lowest BCUT2D eigenvalue weighted by atomic mass is 10.1. The molecule has 0 spiro atoms. The zero-order valence-electron chi connectivity index (χ0n) is 21.4. The third-order valence-electron chi connectivity index (χ3n) is 5.87. The molecule has 1 aliphatic heterocycles. The molecule has 2 aromatic rings. The Morgan fingerprint density at radius 2 is 1.81 bits per heavy atom. The van der Waals surface area contributed by atoms with Crippen molar-refractivity contribution in [1.29, 1.82) is 0 Å². The van der Waals surface area contributed by atoms with Crippen molar-refractivity contribution in [3.8, 4) is 5.75 Å². The van der Waals surface area contributed by atoms with Gasteiger partial charge in [0.05, 0.1) is 25.8 Å². The van der Waals surface area contributed by atoms with Crippen LogP contribution in [0.25, 0.3) is 0 Å². The van der Waals surface area contributed by atoms with E-state index in [2.05, 4.69) is 10.6 Å². The number of hydrogen-bond donors (Lipinski definition) is 3. The molecule has 37 heavy (non-hydrogen) atoms. The number of anilines is 3. The Labute approximate surface area is 216 Å². The van der Waals surface area contributed by atoms with E-state index in [0.29, 0.717) is 29.4 Å². The standard InChI is InChI=1S/C28H32N4O5/c1-19-8-5-6-10-24(19)29-28(36)30-25-12-11-23(17-26(25)37-4)32(21(3)33)18-22-9-7-14-31(15-13-22)20(2)16-27(34)35/h5-15,17,20H,16,18H2,1-4H3,(H,34,35)(H2,29,30,36). The van der Waals surface area contributed by atoms with Crippen LogP contribution in [-0.2, 0) is 9.59 Å². The number of para-hydroxylation sites is 1. The molecule has 0 saturated heterocycles. The number of carbonyl (C=O) groups excluding carboxylic acids is 2. The van der Waals surface area contributed by atoms with Gasteiger partial charge in [0.15, 0.2) is 0 Å². The fraction of sp³-hybridized carbons (Fsp3) is 0.250. The summed E-state index contributed by atoms with van der Waals surface area (Å²) < 4.78 is 5.50. The zero-order chi connectivity index (χ0) is 26.9. The number of urea groups is 1. The van der Waals surface area contributed by atoms with E-state index in [0.717, 1.165) is 11.1 Å². The fourth-order valence-electron chi connectivity index (χ4n) is 3.82. The zero-order valence-corrected chi connectivity index (χ0v) is 21.4. The summed E-state index contributed by atoms with van der Waals surface area (Å²) in [4.78, 5) is 39.6. The van der Waals surface area contributed by atoms with Crippen LogP contribution in [0.3, 0.4) is 0 Å². The van der Waals surface area contributed by atoms with E-state index in [1.165, 1.54) is 14.0 Å². The van der Waals surface area contributed by atoms with Crippen LogP contribution < -0.4 is 20.3 Å². The summed E-state index contributed by atoms with van der Waals surface area (Å²) in [5, 5.41) is 14.7. The van der Waals surface area contributed by atoms with Gasteiger partial charge in [0.1, 0.15) is 5.75 Å². The minimum atomic E-state index is -0.867. The molecule has 194 valence electrons. The number of rotatable bonds is 9. The fourth-order valence-corrected chi connectivity index (χ4v) is 3.82. The quantitative estimate of drug-likeness (QED) is 0.436. The summed E-state index contributed by atoms with van der Waals surface area (Å²) in [5.74, 6) is -0.629. The number of nitrogens with one attached hydrogen (secondary N) is 2.